The molecule has 1 aromatic rings. The van der Waals surface area contributed by atoms with Crippen molar-refractivity contribution in [2.45, 2.75) is 45.8 Å². The third kappa shape index (κ3) is 6.33. The molecule has 0 spiro atoms. The Labute approximate surface area is 124 Å². The van der Waals surface area contributed by atoms with Crippen LogP contribution in [0.15, 0.2) is 12.1 Å². The van der Waals surface area contributed by atoms with Crippen molar-refractivity contribution in [3.8, 4) is 0 Å². The molecular formula is C15H24F3N3. The van der Waals surface area contributed by atoms with Crippen molar-refractivity contribution in [3.63, 3.8) is 0 Å². The Morgan fingerprint density at radius 3 is 2.48 bits per heavy atom. The molecule has 0 fully saturated rings. The van der Waals surface area contributed by atoms with E-state index in [4.69, 9.17) is 0 Å². The summed E-state index contributed by atoms with van der Waals surface area (Å²) < 4.78 is 37.6. The topological polar surface area (TPSA) is 28.2 Å². The maximum absolute atomic E-state index is 12.5. The molecule has 1 rings (SSSR count). The summed E-state index contributed by atoms with van der Waals surface area (Å²) in [7, 11) is 1.42. The van der Waals surface area contributed by atoms with Gasteiger partial charge >= 0.3 is 6.18 Å². The molecule has 0 saturated carbocycles. The number of anilines is 1. The van der Waals surface area contributed by atoms with Crippen LogP contribution in [0.4, 0.5) is 19.0 Å². The van der Waals surface area contributed by atoms with Crippen LogP contribution in [-0.4, -0.2) is 31.3 Å². The highest BCUT2D eigenvalue weighted by atomic mass is 19.4. The molecular weight excluding hydrogens is 279 g/mol. The van der Waals surface area contributed by atoms with Crippen LogP contribution in [0.3, 0.4) is 0 Å². The lowest BCUT2D eigenvalue weighted by Gasteiger charge is -2.22. The number of halogens is 3. The lowest BCUT2D eigenvalue weighted by Crippen LogP contribution is -2.31. The molecule has 1 N–H and O–H groups in total. The van der Waals surface area contributed by atoms with E-state index in [-0.39, 0.29) is 5.92 Å². The van der Waals surface area contributed by atoms with Crippen LogP contribution in [0, 0.1) is 0 Å². The number of hydrogen-bond acceptors (Lipinski definition) is 3. The number of hydrogen-bond donors (Lipinski definition) is 1. The van der Waals surface area contributed by atoms with E-state index >= 15 is 0 Å². The first-order chi connectivity index (χ1) is 9.73. The molecule has 120 valence electrons. The van der Waals surface area contributed by atoms with Crippen molar-refractivity contribution < 1.29 is 13.2 Å². The number of rotatable bonds is 7. The summed E-state index contributed by atoms with van der Waals surface area (Å²) in [6.45, 7) is 6.57. The third-order valence-corrected chi connectivity index (χ3v) is 3.05. The van der Waals surface area contributed by atoms with Crippen LogP contribution in [0.25, 0.3) is 0 Å². The summed E-state index contributed by atoms with van der Waals surface area (Å²) in [5.74, 6) is 0.543. The lowest BCUT2D eigenvalue weighted by atomic mass is 10.1. The van der Waals surface area contributed by atoms with Crippen LogP contribution in [0.2, 0.25) is 0 Å². The second-order valence-electron chi connectivity index (χ2n) is 5.56. The molecule has 0 aromatic carbocycles. The minimum absolute atomic E-state index is 0.175. The quantitative estimate of drug-likeness (QED) is 0.778. The van der Waals surface area contributed by atoms with Gasteiger partial charge in [-0.25, -0.2) is 4.98 Å². The molecule has 0 atom stereocenters. The molecule has 1 aromatic heterocycles. The second-order valence-corrected chi connectivity index (χ2v) is 5.56. The fourth-order valence-electron chi connectivity index (χ4n) is 1.95. The van der Waals surface area contributed by atoms with E-state index in [2.05, 4.69) is 17.2 Å². The maximum Gasteiger partial charge on any atom is 0.405 e. The van der Waals surface area contributed by atoms with Gasteiger partial charge in [0.05, 0.1) is 0 Å². The van der Waals surface area contributed by atoms with Crippen LogP contribution < -0.4 is 10.2 Å². The van der Waals surface area contributed by atoms with Gasteiger partial charge in [0.1, 0.15) is 12.4 Å². The molecule has 0 bridgehead atoms. The second kappa shape index (κ2) is 7.64. The Hall–Kier alpha value is -1.30. The van der Waals surface area contributed by atoms with Crippen molar-refractivity contribution in [1.29, 1.82) is 0 Å². The predicted molar refractivity (Wildman–Crippen MR) is 79.6 cm³/mol. The van der Waals surface area contributed by atoms with Gasteiger partial charge < -0.3 is 10.2 Å². The summed E-state index contributed by atoms with van der Waals surface area (Å²) in [6, 6.07) is 3.68. The van der Waals surface area contributed by atoms with Crippen LogP contribution >= 0.6 is 0 Å². The SMILES string of the molecule is CCCNCc1cc(C(C)C)nc(N(C)CC(F)(F)F)c1. The van der Waals surface area contributed by atoms with Crippen molar-refractivity contribution in [2.24, 2.45) is 0 Å². The Morgan fingerprint density at radius 2 is 1.95 bits per heavy atom. The summed E-state index contributed by atoms with van der Waals surface area (Å²) in [5.41, 5.74) is 1.78. The first kappa shape index (κ1) is 17.8. The molecule has 0 saturated heterocycles. The number of nitrogens with zero attached hydrogens (tertiary/aromatic N) is 2. The molecule has 0 radical (unpaired) electrons. The third-order valence-electron chi connectivity index (χ3n) is 3.05. The Balaban J connectivity index is 2.96. The standard InChI is InChI=1S/C15H24F3N3/c1-5-6-19-9-12-7-13(11(2)3)20-14(8-12)21(4)10-15(16,17)18/h7-8,11,19H,5-6,9-10H2,1-4H3. The van der Waals surface area contributed by atoms with E-state index in [1.807, 2.05) is 19.9 Å². The van der Waals surface area contributed by atoms with E-state index in [1.165, 1.54) is 7.05 Å². The van der Waals surface area contributed by atoms with E-state index in [0.29, 0.717) is 12.4 Å². The van der Waals surface area contributed by atoms with Crippen molar-refractivity contribution in [1.82, 2.24) is 10.3 Å². The highest BCUT2D eigenvalue weighted by molar-refractivity contribution is 5.42. The molecule has 0 aliphatic heterocycles. The summed E-state index contributed by atoms with van der Waals surface area (Å²) in [4.78, 5) is 5.49. The predicted octanol–water partition coefficient (Wildman–Crippen LogP) is 3.70. The largest absolute Gasteiger partial charge is 0.405 e. The molecule has 1 heterocycles. The fraction of sp³-hybridized carbons (Fsp3) is 0.667. The van der Waals surface area contributed by atoms with Crippen molar-refractivity contribution in [2.75, 3.05) is 25.0 Å². The molecule has 0 amide bonds. The highest BCUT2D eigenvalue weighted by Gasteiger charge is 2.30. The smallest absolute Gasteiger partial charge is 0.351 e. The van der Waals surface area contributed by atoms with Gasteiger partial charge in [0, 0.05) is 19.3 Å². The Morgan fingerprint density at radius 1 is 1.29 bits per heavy atom. The van der Waals surface area contributed by atoms with Gasteiger partial charge in [0.25, 0.3) is 0 Å². The van der Waals surface area contributed by atoms with Gasteiger partial charge in [0.2, 0.25) is 0 Å². The molecule has 6 heteroatoms. The summed E-state index contributed by atoms with van der Waals surface area (Å²) >= 11 is 0. The zero-order valence-corrected chi connectivity index (χ0v) is 13.1. The number of nitrogens with one attached hydrogen (secondary N) is 1. The summed E-state index contributed by atoms with van der Waals surface area (Å²) in [6.07, 6.45) is -3.21. The first-order valence-corrected chi connectivity index (χ1v) is 7.22. The van der Waals surface area contributed by atoms with E-state index in [9.17, 15) is 13.2 Å². The van der Waals surface area contributed by atoms with Crippen LogP contribution in [0.5, 0.6) is 0 Å². The van der Waals surface area contributed by atoms with E-state index < -0.39 is 12.7 Å². The average Bonchev–Trinajstić information content (AvgIpc) is 2.36. The van der Waals surface area contributed by atoms with Crippen molar-refractivity contribution in [3.05, 3.63) is 23.4 Å². The van der Waals surface area contributed by atoms with Gasteiger partial charge in [-0.1, -0.05) is 20.8 Å². The summed E-state index contributed by atoms with van der Waals surface area (Å²) in [5, 5.41) is 3.26. The molecule has 3 nitrogen and oxygen atoms in total. The van der Waals surface area contributed by atoms with Crippen LogP contribution in [-0.2, 0) is 6.54 Å². The van der Waals surface area contributed by atoms with Gasteiger partial charge in [-0.2, -0.15) is 13.2 Å². The maximum atomic E-state index is 12.5. The first-order valence-electron chi connectivity index (χ1n) is 7.22. The van der Waals surface area contributed by atoms with Crippen LogP contribution in [0.1, 0.15) is 44.4 Å². The van der Waals surface area contributed by atoms with Gasteiger partial charge in [0.15, 0.2) is 0 Å². The van der Waals surface area contributed by atoms with Gasteiger partial charge in [-0.15, -0.1) is 0 Å². The molecule has 0 unspecified atom stereocenters. The highest BCUT2D eigenvalue weighted by Crippen LogP contribution is 2.23. The molecule has 0 aliphatic carbocycles. The minimum atomic E-state index is -4.23. The average molecular weight is 303 g/mol. The number of pyridine rings is 1. The zero-order valence-electron chi connectivity index (χ0n) is 13.1. The Kier molecular flexibility index (Phi) is 6.45. The lowest BCUT2D eigenvalue weighted by molar-refractivity contribution is -0.119. The van der Waals surface area contributed by atoms with Crippen molar-refractivity contribution >= 4 is 5.82 Å². The molecule has 21 heavy (non-hydrogen) atoms. The van der Waals surface area contributed by atoms with Gasteiger partial charge in [-0.05, 0) is 36.6 Å². The Bertz CT molecular complexity index is 444. The number of alkyl halides is 3. The minimum Gasteiger partial charge on any atom is -0.351 e. The normalized spacial score (nSPS) is 12.0. The van der Waals surface area contributed by atoms with Gasteiger partial charge in [-0.3, -0.25) is 0 Å². The monoisotopic (exact) mass is 303 g/mol. The van der Waals surface area contributed by atoms with E-state index in [1.54, 1.807) is 6.07 Å². The zero-order chi connectivity index (χ0) is 16.0. The number of aromatic nitrogens is 1. The fourth-order valence-corrected chi connectivity index (χ4v) is 1.95. The molecule has 0 aliphatic rings. The van der Waals surface area contributed by atoms with E-state index in [0.717, 1.165) is 29.1 Å².